The second-order valence-corrected chi connectivity index (χ2v) is 28.9. The number of ether oxygens (including phenoxy) is 2. The van der Waals surface area contributed by atoms with Gasteiger partial charge in [0.25, 0.3) is 0 Å². The molecule has 0 aliphatic carbocycles. The molecule has 14 heteroatoms. The maximum absolute atomic E-state index is 13.5. The molecule has 0 saturated carbocycles. The van der Waals surface area contributed by atoms with Crippen LogP contribution < -0.4 is 0 Å². The van der Waals surface area contributed by atoms with Crippen LogP contribution in [0.3, 0.4) is 0 Å². The van der Waals surface area contributed by atoms with E-state index in [4.69, 9.17) is 21.8 Å². The average Bonchev–Trinajstić information content (AvgIpc) is 2.91. The first kappa shape index (κ1) is 39.6. The Morgan fingerprint density at radius 3 is 1.52 bits per heavy atom. The van der Waals surface area contributed by atoms with Gasteiger partial charge in [-0.2, -0.15) is 13.2 Å². The highest BCUT2D eigenvalue weighted by Gasteiger charge is 2.48. The van der Waals surface area contributed by atoms with Crippen molar-refractivity contribution in [1.29, 1.82) is 0 Å². The smallest absolute Gasteiger partial charge is 0.389 e. The molecule has 0 bridgehead atoms. The summed E-state index contributed by atoms with van der Waals surface area (Å²) >= 11 is 0. The Balaban J connectivity index is 2.20. The van der Waals surface area contributed by atoms with Crippen molar-refractivity contribution < 1.29 is 44.6 Å². The van der Waals surface area contributed by atoms with E-state index in [-0.39, 0.29) is 19.3 Å². The molecule has 0 fully saturated rings. The molecule has 0 aromatic heterocycles. The molecule has 0 spiro atoms. The molecule has 2 aromatic carbocycles. The molecule has 1 atom stereocenters. The van der Waals surface area contributed by atoms with E-state index in [9.17, 15) is 22.8 Å². The topological polar surface area (TPSA) is 80.3 Å². The summed E-state index contributed by atoms with van der Waals surface area (Å²) < 4.78 is 70.8. The Bertz CT molecular complexity index is 1370. The fourth-order valence-electron chi connectivity index (χ4n) is 5.42. The standard InChI is InChI=1S/C32H47F3O7Si4/c1-10-30(36)38-22-26-14-12-16-28(20-26)24-43(3,4)40-45(7,8)42-46(9,19-18-32(33,34)35)41-44(5,6)25-29-17-13-15-27(21-29)23-39-31(37)11-2/h10-17,20-21H,1-2,18-19,22-25H2,3-9H3. The summed E-state index contributed by atoms with van der Waals surface area (Å²) in [5.41, 5.74) is 3.58. The summed E-state index contributed by atoms with van der Waals surface area (Å²) in [4.78, 5) is 23.0. The molecule has 7 nitrogen and oxygen atoms in total. The van der Waals surface area contributed by atoms with Gasteiger partial charge in [-0.3, -0.25) is 0 Å². The van der Waals surface area contributed by atoms with E-state index in [0.717, 1.165) is 34.4 Å². The second kappa shape index (κ2) is 16.5. The molecular formula is C32H47F3O7Si4. The number of benzene rings is 2. The maximum Gasteiger partial charge on any atom is 0.389 e. The van der Waals surface area contributed by atoms with Crippen LogP contribution >= 0.6 is 0 Å². The Morgan fingerprint density at radius 1 is 0.696 bits per heavy atom. The van der Waals surface area contributed by atoms with Crippen LogP contribution in [-0.2, 0) is 56.7 Å². The zero-order valence-electron chi connectivity index (χ0n) is 27.9. The second-order valence-electron chi connectivity index (χ2n) is 13.1. The predicted molar refractivity (Wildman–Crippen MR) is 183 cm³/mol. The van der Waals surface area contributed by atoms with Gasteiger partial charge in [0.15, 0.2) is 16.6 Å². The minimum Gasteiger partial charge on any atom is -0.458 e. The number of carbonyl (C=O) groups is 2. The zero-order valence-corrected chi connectivity index (χ0v) is 31.9. The highest BCUT2D eigenvalue weighted by molar-refractivity contribution is 6.89. The van der Waals surface area contributed by atoms with Crippen LogP contribution in [0.25, 0.3) is 0 Å². The van der Waals surface area contributed by atoms with Gasteiger partial charge in [0.05, 0.1) is 0 Å². The monoisotopic (exact) mass is 712 g/mol. The van der Waals surface area contributed by atoms with Gasteiger partial charge in [-0.05, 0) is 86.2 Å². The molecule has 1 unspecified atom stereocenters. The summed E-state index contributed by atoms with van der Waals surface area (Å²) in [6.45, 7) is 20.6. The number of hydrogen-bond acceptors (Lipinski definition) is 7. The van der Waals surface area contributed by atoms with Gasteiger partial charge < -0.3 is 21.8 Å². The number of esters is 2. The van der Waals surface area contributed by atoms with Gasteiger partial charge in [-0.1, -0.05) is 61.7 Å². The van der Waals surface area contributed by atoms with Gasteiger partial charge in [0.1, 0.15) is 13.2 Å². The summed E-state index contributed by atoms with van der Waals surface area (Å²) in [5.74, 6) is -1.02. The van der Waals surface area contributed by atoms with Gasteiger partial charge in [0.2, 0.25) is 0 Å². The van der Waals surface area contributed by atoms with Crippen molar-refractivity contribution in [1.82, 2.24) is 0 Å². The van der Waals surface area contributed by atoms with Crippen molar-refractivity contribution in [2.24, 2.45) is 0 Å². The Kier molecular flexibility index (Phi) is 14.2. The summed E-state index contributed by atoms with van der Waals surface area (Å²) in [6, 6.07) is 16.2. The van der Waals surface area contributed by atoms with Crippen molar-refractivity contribution in [2.45, 2.75) is 89.8 Å². The van der Waals surface area contributed by atoms with E-state index in [1.165, 1.54) is 0 Å². The third kappa shape index (κ3) is 15.3. The molecule has 254 valence electrons. The van der Waals surface area contributed by atoms with E-state index in [0.29, 0.717) is 12.1 Å². The van der Waals surface area contributed by atoms with Crippen molar-refractivity contribution in [3.05, 3.63) is 96.1 Å². The zero-order chi connectivity index (χ0) is 34.8. The Morgan fingerprint density at radius 2 is 1.11 bits per heavy atom. The lowest BCUT2D eigenvalue weighted by Gasteiger charge is -2.43. The highest BCUT2D eigenvalue weighted by atomic mass is 28.5. The van der Waals surface area contributed by atoms with Crippen molar-refractivity contribution >= 4 is 45.7 Å². The number of rotatable bonds is 18. The van der Waals surface area contributed by atoms with E-state index in [1.54, 1.807) is 6.55 Å². The summed E-state index contributed by atoms with van der Waals surface area (Å²) in [7, 11) is -11.4. The highest BCUT2D eigenvalue weighted by Crippen LogP contribution is 2.33. The first-order valence-corrected chi connectivity index (χ1v) is 26.6. The molecule has 0 aliphatic rings. The molecule has 0 N–H and O–H groups in total. The molecule has 46 heavy (non-hydrogen) atoms. The van der Waals surface area contributed by atoms with Gasteiger partial charge in [0, 0.05) is 18.6 Å². The first-order valence-electron chi connectivity index (χ1n) is 15.1. The third-order valence-electron chi connectivity index (χ3n) is 6.68. The van der Waals surface area contributed by atoms with Crippen LogP contribution in [0.4, 0.5) is 13.2 Å². The normalized spacial score (nSPS) is 13.9. The van der Waals surface area contributed by atoms with Crippen molar-refractivity contribution in [2.75, 3.05) is 0 Å². The average molecular weight is 713 g/mol. The largest absolute Gasteiger partial charge is 0.458 e. The van der Waals surface area contributed by atoms with E-state index in [1.807, 2.05) is 74.7 Å². The lowest BCUT2D eigenvalue weighted by molar-refractivity contribution is -0.139. The maximum atomic E-state index is 13.5. The molecular weight excluding hydrogens is 666 g/mol. The third-order valence-corrected chi connectivity index (χ3v) is 22.2. The quantitative estimate of drug-likeness (QED) is 0.0876. The minimum absolute atomic E-state index is 0.0898. The summed E-state index contributed by atoms with van der Waals surface area (Å²) in [6.07, 6.45) is -3.14. The molecule has 0 heterocycles. The number of halogens is 3. The van der Waals surface area contributed by atoms with Gasteiger partial charge in [-0.25, -0.2) is 9.59 Å². The number of alkyl halides is 3. The van der Waals surface area contributed by atoms with Crippen LogP contribution in [0, 0.1) is 0 Å². The number of carbonyl (C=O) groups excluding carboxylic acids is 2. The van der Waals surface area contributed by atoms with Crippen LogP contribution in [0.15, 0.2) is 73.8 Å². The molecule has 0 amide bonds. The molecule has 2 aromatic rings. The lowest BCUT2D eigenvalue weighted by Crippen LogP contribution is -2.58. The van der Waals surface area contributed by atoms with Crippen LogP contribution in [0.5, 0.6) is 0 Å². The Hall–Kier alpha value is -2.60. The van der Waals surface area contributed by atoms with Crippen molar-refractivity contribution in [3.8, 4) is 0 Å². The van der Waals surface area contributed by atoms with Crippen LogP contribution in [0.1, 0.15) is 28.7 Å². The van der Waals surface area contributed by atoms with Crippen LogP contribution in [-0.4, -0.2) is 51.9 Å². The Labute approximate surface area is 275 Å². The van der Waals surface area contributed by atoms with Gasteiger partial charge >= 0.3 is 35.2 Å². The minimum atomic E-state index is -4.35. The SMILES string of the molecule is C=CC(=O)OCc1cccc(C[Si](C)(C)O[Si](C)(C)O[Si](C)(CCC(F)(F)F)O[Si](C)(C)Cc2cccc(COC(=O)C=C)c2)c1. The fourth-order valence-corrected chi connectivity index (χ4v) is 25.2. The number of hydrogen-bond donors (Lipinski definition) is 0. The van der Waals surface area contributed by atoms with E-state index >= 15 is 0 Å². The van der Waals surface area contributed by atoms with E-state index < -0.39 is 58.3 Å². The first-order chi connectivity index (χ1) is 21.1. The molecule has 0 saturated heterocycles. The van der Waals surface area contributed by atoms with Gasteiger partial charge in [-0.15, -0.1) is 0 Å². The summed E-state index contributed by atoms with van der Waals surface area (Å²) in [5, 5.41) is 0. The van der Waals surface area contributed by atoms with Crippen molar-refractivity contribution in [3.63, 3.8) is 0 Å². The molecule has 2 rings (SSSR count). The van der Waals surface area contributed by atoms with Crippen LogP contribution in [0.2, 0.25) is 51.9 Å². The molecule has 0 radical (unpaired) electrons. The predicted octanol–water partition coefficient (Wildman–Crippen LogP) is 8.19. The lowest BCUT2D eigenvalue weighted by atomic mass is 10.1. The fraction of sp³-hybridized carbons (Fsp3) is 0.438. The molecule has 0 aliphatic heterocycles. The van der Waals surface area contributed by atoms with E-state index in [2.05, 4.69) is 26.3 Å².